The van der Waals surface area contributed by atoms with Crippen LogP contribution in [0.2, 0.25) is 5.02 Å². The van der Waals surface area contributed by atoms with Crippen LogP contribution in [0.3, 0.4) is 0 Å². The van der Waals surface area contributed by atoms with Crippen LogP contribution in [0.4, 0.5) is 10.1 Å². The van der Waals surface area contributed by atoms with Crippen LogP contribution in [0, 0.1) is 12.7 Å². The summed E-state index contributed by atoms with van der Waals surface area (Å²) in [4.78, 5) is 13.4. The van der Waals surface area contributed by atoms with Crippen molar-refractivity contribution in [3.05, 3.63) is 58.9 Å². The Morgan fingerprint density at radius 2 is 1.93 bits per heavy atom. The number of carboxylic acid groups (broad SMARTS) is 1. The molecule has 0 aromatic heterocycles. The third-order valence-electron chi connectivity index (χ3n) is 4.55. The van der Waals surface area contributed by atoms with Crippen LogP contribution in [0.15, 0.2) is 47.4 Å². The Kier molecular flexibility index (Phi) is 5.41. The molecule has 2 aromatic rings. The first kappa shape index (κ1) is 19.6. The molecule has 0 radical (unpaired) electrons. The number of piperazine rings is 1. The van der Waals surface area contributed by atoms with Gasteiger partial charge in [0.2, 0.25) is 10.0 Å². The standard InChI is InChI=1S/C18H18ClFN2O4S/c1-12-10-13(20)6-7-15(12)22-9-8-21(11-16(22)18(23)24)27(25,26)17-5-3-2-4-14(17)19/h2-7,10,16H,8-9,11H2,1H3,(H,23,24). The van der Waals surface area contributed by atoms with Gasteiger partial charge in [-0.15, -0.1) is 0 Å². The summed E-state index contributed by atoms with van der Waals surface area (Å²) in [5.41, 5.74) is 1.15. The molecule has 0 amide bonds. The predicted octanol–water partition coefficient (Wildman–Crippen LogP) is 2.75. The minimum absolute atomic E-state index is 0.0535. The van der Waals surface area contributed by atoms with Gasteiger partial charge < -0.3 is 10.0 Å². The lowest BCUT2D eigenvalue weighted by Crippen LogP contribution is -2.58. The van der Waals surface area contributed by atoms with E-state index in [0.29, 0.717) is 11.3 Å². The van der Waals surface area contributed by atoms with Gasteiger partial charge in [-0.05, 0) is 42.8 Å². The fraction of sp³-hybridized carbons (Fsp3) is 0.278. The highest BCUT2D eigenvalue weighted by Gasteiger charge is 2.39. The van der Waals surface area contributed by atoms with Crippen LogP contribution >= 0.6 is 11.6 Å². The van der Waals surface area contributed by atoms with E-state index in [9.17, 15) is 22.7 Å². The van der Waals surface area contributed by atoms with E-state index in [1.54, 1.807) is 24.0 Å². The molecule has 1 fully saturated rings. The summed E-state index contributed by atoms with van der Waals surface area (Å²) in [6.07, 6.45) is 0. The first-order valence-corrected chi connectivity index (χ1v) is 10.0. The van der Waals surface area contributed by atoms with Crippen LogP contribution < -0.4 is 4.90 Å². The van der Waals surface area contributed by atoms with Crippen molar-refractivity contribution in [2.24, 2.45) is 0 Å². The Morgan fingerprint density at radius 1 is 1.22 bits per heavy atom. The Bertz CT molecular complexity index is 983. The number of benzene rings is 2. The summed E-state index contributed by atoms with van der Waals surface area (Å²) in [6.45, 7) is 1.70. The molecular formula is C18H18ClFN2O4S. The average molecular weight is 413 g/mol. The molecule has 0 aliphatic carbocycles. The molecule has 1 aliphatic heterocycles. The second-order valence-corrected chi connectivity index (χ2v) is 8.59. The number of halogens is 2. The van der Waals surface area contributed by atoms with Gasteiger partial charge in [0.05, 0.1) is 5.02 Å². The van der Waals surface area contributed by atoms with Crippen LogP contribution in [0.5, 0.6) is 0 Å². The zero-order chi connectivity index (χ0) is 19.8. The van der Waals surface area contributed by atoms with Gasteiger partial charge in [-0.3, -0.25) is 0 Å². The number of nitrogens with zero attached hydrogens (tertiary/aromatic N) is 2. The molecule has 1 aliphatic rings. The van der Waals surface area contributed by atoms with E-state index in [2.05, 4.69) is 0 Å². The van der Waals surface area contributed by atoms with E-state index in [0.717, 1.165) is 4.31 Å². The molecular weight excluding hydrogens is 395 g/mol. The molecule has 0 saturated carbocycles. The number of anilines is 1. The Morgan fingerprint density at radius 3 is 2.56 bits per heavy atom. The average Bonchev–Trinajstić information content (AvgIpc) is 2.61. The zero-order valence-corrected chi connectivity index (χ0v) is 16.0. The number of hydrogen-bond acceptors (Lipinski definition) is 4. The zero-order valence-electron chi connectivity index (χ0n) is 14.5. The summed E-state index contributed by atoms with van der Waals surface area (Å²) in [5.74, 6) is -1.57. The number of sulfonamides is 1. The van der Waals surface area contributed by atoms with Gasteiger partial charge in [0, 0.05) is 25.3 Å². The summed E-state index contributed by atoms with van der Waals surface area (Å²) in [7, 11) is -3.93. The van der Waals surface area contributed by atoms with Gasteiger partial charge in [-0.2, -0.15) is 4.31 Å². The maximum absolute atomic E-state index is 13.4. The van der Waals surface area contributed by atoms with Crippen molar-refractivity contribution in [1.29, 1.82) is 0 Å². The molecule has 0 spiro atoms. The molecule has 144 valence electrons. The van der Waals surface area contributed by atoms with E-state index < -0.39 is 27.9 Å². The SMILES string of the molecule is Cc1cc(F)ccc1N1CCN(S(=O)(=O)c2ccccc2Cl)CC1C(=O)O. The first-order chi connectivity index (χ1) is 12.7. The highest BCUT2D eigenvalue weighted by atomic mass is 35.5. The molecule has 0 bridgehead atoms. The molecule has 2 aromatic carbocycles. The van der Waals surface area contributed by atoms with Gasteiger partial charge in [0.1, 0.15) is 16.8 Å². The molecule has 1 atom stereocenters. The lowest BCUT2D eigenvalue weighted by molar-refractivity contribution is -0.139. The molecule has 6 nitrogen and oxygen atoms in total. The highest BCUT2D eigenvalue weighted by molar-refractivity contribution is 7.89. The van der Waals surface area contributed by atoms with E-state index in [1.165, 1.54) is 30.3 Å². The number of hydrogen-bond donors (Lipinski definition) is 1. The van der Waals surface area contributed by atoms with Crippen molar-refractivity contribution >= 4 is 33.3 Å². The Labute approximate surface area is 161 Å². The highest BCUT2D eigenvalue weighted by Crippen LogP contribution is 2.29. The van der Waals surface area contributed by atoms with Crippen LogP contribution in [0.1, 0.15) is 5.56 Å². The second-order valence-electron chi connectivity index (χ2n) is 6.27. The van der Waals surface area contributed by atoms with Crippen LogP contribution in [-0.4, -0.2) is 49.5 Å². The largest absolute Gasteiger partial charge is 0.480 e. The molecule has 3 rings (SSSR count). The number of aliphatic carboxylic acids is 1. The minimum Gasteiger partial charge on any atom is -0.480 e. The van der Waals surface area contributed by atoms with Gasteiger partial charge in [-0.1, -0.05) is 23.7 Å². The molecule has 1 unspecified atom stereocenters. The Hall–Kier alpha value is -2.16. The number of rotatable bonds is 4. The third kappa shape index (κ3) is 3.78. The van der Waals surface area contributed by atoms with Gasteiger partial charge in [-0.25, -0.2) is 17.6 Å². The minimum atomic E-state index is -3.93. The van der Waals surface area contributed by atoms with E-state index in [-0.39, 0.29) is 29.6 Å². The van der Waals surface area contributed by atoms with Gasteiger partial charge in [0.25, 0.3) is 0 Å². The van der Waals surface area contributed by atoms with Crippen LogP contribution in [0.25, 0.3) is 0 Å². The lowest BCUT2D eigenvalue weighted by Gasteiger charge is -2.40. The van der Waals surface area contributed by atoms with Crippen molar-refractivity contribution in [3.63, 3.8) is 0 Å². The topological polar surface area (TPSA) is 77.9 Å². The fourth-order valence-corrected chi connectivity index (χ4v) is 5.14. The predicted molar refractivity (Wildman–Crippen MR) is 100 cm³/mol. The van der Waals surface area contributed by atoms with Gasteiger partial charge >= 0.3 is 5.97 Å². The normalized spacial score (nSPS) is 18.5. The van der Waals surface area contributed by atoms with E-state index in [1.807, 2.05) is 0 Å². The second kappa shape index (κ2) is 7.46. The maximum atomic E-state index is 13.4. The lowest BCUT2D eigenvalue weighted by atomic mass is 10.1. The van der Waals surface area contributed by atoms with Gasteiger partial charge in [0.15, 0.2) is 0 Å². The monoisotopic (exact) mass is 412 g/mol. The summed E-state index contributed by atoms with van der Waals surface area (Å²) < 4.78 is 40.3. The number of carbonyl (C=O) groups is 1. The summed E-state index contributed by atoms with van der Waals surface area (Å²) in [5, 5.41) is 9.75. The van der Waals surface area contributed by atoms with Crippen molar-refractivity contribution in [2.75, 3.05) is 24.5 Å². The molecule has 1 N–H and O–H groups in total. The summed E-state index contributed by atoms with van der Waals surface area (Å²) >= 11 is 6.02. The molecule has 9 heteroatoms. The van der Waals surface area contributed by atoms with Crippen molar-refractivity contribution in [3.8, 4) is 0 Å². The van der Waals surface area contributed by atoms with Crippen molar-refractivity contribution < 1.29 is 22.7 Å². The van der Waals surface area contributed by atoms with E-state index >= 15 is 0 Å². The Balaban J connectivity index is 1.93. The van der Waals surface area contributed by atoms with Crippen molar-refractivity contribution in [1.82, 2.24) is 4.31 Å². The van der Waals surface area contributed by atoms with E-state index in [4.69, 9.17) is 11.6 Å². The number of aryl methyl sites for hydroxylation is 1. The summed E-state index contributed by atoms with van der Waals surface area (Å²) in [6, 6.07) is 9.04. The van der Waals surface area contributed by atoms with Crippen LogP contribution in [-0.2, 0) is 14.8 Å². The van der Waals surface area contributed by atoms with Crippen molar-refractivity contribution in [2.45, 2.75) is 17.9 Å². The fourth-order valence-electron chi connectivity index (χ4n) is 3.21. The smallest absolute Gasteiger partial charge is 0.327 e. The molecule has 1 saturated heterocycles. The quantitative estimate of drug-likeness (QED) is 0.835. The molecule has 1 heterocycles. The number of carboxylic acids is 1. The third-order valence-corrected chi connectivity index (χ3v) is 6.92. The first-order valence-electron chi connectivity index (χ1n) is 8.22. The molecule has 27 heavy (non-hydrogen) atoms. The maximum Gasteiger partial charge on any atom is 0.327 e.